The Morgan fingerprint density at radius 2 is 2.00 bits per heavy atom. The molecule has 5 rings (SSSR count). The number of phenolic OH excluding ortho intramolecular Hbond substituents is 1. The molecular formula is C24H21N7O5S. The van der Waals surface area contributed by atoms with E-state index in [-0.39, 0.29) is 34.7 Å². The average Bonchev–Trinajstić information content (AvgIpc) is 3.52. The van der Waals surface area contributed by atoms with Gasteiger partial charge in [0.25, 0.3) is 0 Å². The fourth-order valence-electron chi connectivity index (χ4n) is 3.77. The number of pyridine rings is 1. The van der Waals surface area contributed by atoms with Gasteiger partial charge in [0.1, 0.15) is 34.2 Å². The Balaban J connectivity index is 1.57. The van der Waals surface area contributed by atoms with Crippen molar-refractivity contribution in [3.63, 3.8) is 0 Å². The molecule has 3 N–H and O–H groups in total. The van der Waals surface area contributed by atoms with E-state index < -0.39 is 21.4 Å². The van der Waals surface area contributed by atoms with Crippen LogP contribution >= 0.6 is 0 Å². The Labute approximate surface area is 211 Å². The van der Waals surface area contributed by atoms with E-state index in [4.69, 9.17) is 4.74 Å². The van der Waals surface area contributed by atoms with Gasteiger partial charge in [0.2, 0.25) is 16.0 Å². The lowest BCUT2D eigenvalue weighted by Gasteiger charge is -2.20. The van der Waals surface area contributed by atoms with E-state index >= 15 is 0 Å². The van der Waals surface area contributed by atoms with Crippen molar-refractivity contribution in [2.45, 2.75) is 18.3 Å². The van der Waals surface area contributed by atoms with E-state index in [1.54, 1.807) is 47.1 Å². The summed E-state index contributed by atoms with van der Waals surface area (Å²) in [6, 6.07) is 9.89. The second-order valence-electron chi connectivity index (χ2n) is 8.03. The van der Waals surface area contributed by atoms with Crippen molar-refractivity contribution < 1.29 is 23.4 Å². The molecule has 4 aromatic rings. The monoisotopic (exact) mass is 519 g/mol. The maximum Gasteiger partial charge on any atom is 0.243 e. The van der Waals surface area contributed by atoms with Crippen LogP contribution < -0.4 is 9.46 Å². The van der Waals surface area contributed by atoms with Crippen molar-refractivity contribution in [1.82, 2.24) is 24.1 Å². The summed E-state index contributed by atoms with van der Waals surface area (Å²) in [5, 5.41) is 28.4. The maximum absolute atomic E-state index is 13.4. The number of phenols is 1. The van der Waals surface area contributed by atoms with Gasteiger partial charge in [-0.05, 0) is 36.9 Å². The fraction of sp³-hybridized carbons (Fsp3) is 0.167. The predicted octanol–water partition coefficient (Wildman–Crippen LogP) is 2.23. The number of anilines is 1. The third-order valence-electron chi connectivity index (χ3n) is 5.73. The van der Waals surface area contributed by atoms with Crippen molar-refractivity contribution in [3.8, 4) is 17.2 Å². The standard InChI is InChI=1S/C24H21N7O5S/c1-15(22(33)17-14-30-12-4-3-10-20(30)26-17)37(34,35)29-24-28-27-23(16-7-6-11-25-13-16)31(24)21-18(32)8-5-9-19(21)36-2/h3-5,8-15,22,32-33H,1-2H3,(H,28,29)/t15-,22-/m1/s1. The second kappa shape index (κ2) is 9.41. The second-order valence-corrected chi connectivity index (χ2v) is 10.1. The normalized spacial score (nSPS) is 14.5. The van der Waals surface area contributed by atoms with E-state index in [9.17, 15) is 18.6 Å². The molecule has 37 heavy (non-hydrogen) atoms. The van der Waals surface area contributed by atoms with E-state index in [2.05, 4.69) is 36.4 Å². The maximum atomic E-state index is 13.4. The molecule has 12 nitrogen and oxygen atoms in total. The number of ether oxygens (including phenoxy) is 1. The van der Waals surface area contributed by atoms with Crippen LogP contribution in [0, 0.1) is 0 Å². The molecule has 1 aliphatic heterocycles. The summed E-state index contributed by atoms with van der Waals surface area (Å²) in [5.41, 5.74) is 6.73. The quantitative estimate of drug-likeness (QED) is 0.299. The predicted molar refractivity (Wildman–Crippen MR) is 135 cm³/mol. The number of nitrogens with one attached hydrogen (secondary N) is 1. The van der Waals surface area contributed by atoms with Crippen LogP contribution in [0.25, 0.3) is 16.9 Å². The van der Waals surface area contributed by atoms with Crippen LogP contribution in [0.4, 0.5) is 5.95 Å². The van der Waals surface area contributed by atoms with Gasteiger partial charge in [0.05, 0.1) is 24.6 Å². The topological polar surface area (TPSA) is 156 Å². The Hall–Kier alpha value is -4.67. The third-order valence-corrected chi connectivity index (χ3v) is 7.43. The van der Waals surface area contributed by atoms with Gasteiger partial charge in [-0.1, -0.05) is 17.9 Å². The van der Waals surface area contributed by atoms with Gasteiger partial charge < -0.3 is 19.4 Å². The van der Waals surface area contributed by atoms with E-state index in [0.29, 0.717) is 11.2 Å². The number of aliphatic hydroxyl groups is 1. The first-order chi connectivity index (χ1) is 17.8. The molecule has 1 aliphatic rings. The van der Waals surface area contributed by atoms with Crippen LogP contribution in [-0.2, 0) is 10.0 Å². The summed E-state index contributed by atoms with van der Waals surface area (Å²) >= 11 is 0. The Kier molecular flexibility index (Phi) is 6.12. The zero-order valence-electron chi connectivity index (χ0n) is 19.6. The van der Waals surface area contributed by atoms with Crippen LogP contribution in [0.3, 0.4) is 0 Å². The van der Waals surface area contributed by atoms with Crippen molar-refractivity contribution in [1.29, 1.82) is 0 Å². The molecular weight excluding hydrogens is 498 g/mol. The molecule has 0 aliphatic carbocycles. The van der Waals surface area contributed by atoms with Crippen LogP contribution in [-0.4, -0.2) is 61.4 Å². The molecule has 0 spiro atoms. The number of fused-ring (bicyclic) bond motifs is 1. The Morgan fingerprint density at radius 1 is 1.16 bits per heavy atom. The molecule has 0 amide bonds. The number of hydrogen-bond acceptors (Lipinski definition) is 9. The van der Waals surface area contributed by atoms with Gasteiger partial charge in [-0.15, -0.1) is 10.2 Å². The Morgan fingerprint density at radius 3 is 2.73 bits per heavy atom. The van der Waals surface area contributed by atoms with Crippen molar-refractivity contribution in [2.75, 3.05) is 11.8 Å². The first-order valence-corrected chi connectivity index (χ1v) is 12.5. The molecule has 0 radical (unpaired) electrons. The highest BCUT2D eigenvalue weighted by molar-refractivity contribution is 7.93. The minimum absolute atomic E-state index is 0.0912. The van der Waals surface area contributed by atoms with E-state index in [0.717, 1.165) is 0 Å². The number of para-hydroxylation sites is 1. The zero-order chi connectivity index (χ0) is 26.2. The van der Waals surface area contributed by atoms with Crippen molar-refractivity contribution in [2.24, 2.45) is 4.99 Å². The summed E-state index contributed by atoms with van der Waals surface area (Å²) in [6.07, 6.45) is 4.70. The number of aromatic hydroxyl groups is 1. The molecule has 2 atom stereocenters. The number of aliphatic hydroxyl groups excluding tert-OH is 1. The molecule has 0 unspecified atom stereocenters. The lowest BCUT2D eigenvalue weighted by Crippen LogP contribution is -2.32. The molecule has 1 aromatic carbocycles. The smallest absolute Gasteiger partial charge is 0.243 e. The SMILES string of the molecule is COc1cccc(O)c1-n1c(NS(=O)(=O)[C@H](C)[C@@H](O)c2cn3ccccc3n2)nnc1C1=C=C=CN=C1. The van der Waals surface area contributed by atoms with Crippen molar-refractivity contribution in [3.05, 3.63) is 78.0 Å². The number of rotatable bonds is 8. The highest BCUT2D eigenvalue weighted by atomic mass is 32.2. The van der Waals surface area contributed by atoms with Crippen LogP contribution in [0.2, 0.25) is 0 Å². The zero-order valence-corrected chi connectivity index (χ0v) is 20.5. The van der Waals surface area contributed by atoms with Gasteiger partial charge in [-0.25, -0.2) is 13.4 Å². The summed E-state index contributed by atoms with van der Waals surface area (Å²) < 4.78 is 37.5. The number of benzene rings is 1. The Bertz CT molecular complexity index is 1710. The number of methoxy groups -OCH3 is 1. The molecule has 188 valence electrons. The number of aliphatic imine (C=N–C) groups is 1. The average molecular weight is 520 g/mol. The molecule has 0 saturated heterocycles. The largest absolute Gasteiger partial charge is 0.506 e. The number of aromatic nitrogens is 5. The molecule has 13 heteroatoms. The van der Waals surface area contributed by atoms with Gasteiger partial charge in [0.15, 0.2) is 5.82 Å². The summed E-state index contributed by atoms with van der Waals surface area (Å²) in [7, 11) is -2.85. The molecule has 0 bridgehead atoms. The number of imidazole rings is 1. The number of hydrogen-bond donors (Lipinski definition) is 3. The van der Waals surface area contributed by atoms with Crippen LogP contribution in [0.1, 0.15) is 24.5 Å². The minimum atomic E-state index is -4.26. The van der Waals surface area contributed by atoms with E-state index in [1.807, 2.05) is 0 Å². The fourth-order valence-corrected chi connectivity index (χ4v) is 4.82. The van der Waals surface area contributed by atoms with Gasteiger partial charge in [0, 0.05) is 18.6 Å². The van der Waals surface area contributed by atoms with E-state index in [1.165, 1.54) is 37.1 Å². The first kappa shape index (κ1) is 24.0. The lowest BCUT2D eigenvalue weighted by molar-refractivity contribution is 0.172. The van der Waals surface area contributed by atoms with Crippen LogP contribution in [0.5, 0.6) is 11.5 Å². The van der Waals surface area contributed by atoms with Gasteiger partial charge in [-0.3, -0.25) is 14.3 Å². The number of allylic oxidation sites excluding steroid dienone is 1. The third kappa shape index (κ3) is 4.39. The van der Waals surface area contributed by atoms with Crippen LogP contribution in [0.15, 0.2) is 71.4 Å². The minimum Gasteiger partial charge on any atom is -0.506 e. The van der Waals surface area contributed by atoms with Gasteiger partial charge in [-0.2, -0.15) is 0 Å². The molecule has 3 aromatic heterocycles. The van der Waals surface area contributed by atoms with Gasteiger partial charge >= 0.3 is 0 Å². The molecule has 0 fully saturated rings. The highest BCUT2D eigenvalue weighted by Crippen LogP contribution is 2.36. The summed E-state index contributed by atoms with van der Waals surface area (Å²) in [4.78, 5) is 8.33. The lowest BCUT2D eigenvalue weighted by atomic mass is 10.2. The number of nitrogens with zero attached hydrogens (tertiary/aromatic N) is 6. The molecule has 0 saturated carbocycles. The summed E-state index contributed by atoms with van der Waals surface area (Å²) in [6.45, 7) is 1.35. The number of sulfonamides is 1. The first-order valence-electron chi connectivity index (χ1n) is 11.0. The highest BCUT2D eigenvalue weighted by Gasteiger charge is 2.33. The molecule has 4 heterocycles. The summed E-state index contributed by atoms with van der Waals surface area (Å²) in [5.74, 6) is -0.116. The van der Waals surface area contributed by atoms with Crippen molar-refractivity contribution >= 4 is 33.4 Å².